The highest BCUT2D eigenvalue weighted by atomic mass is 16.3. The van der Waals surface area contributed by atoms with Crippen molar-refractivity contribution in [2.45, 2.75) is 57.2 Å². The maximum Gasteiger partial charge on any atom is 0.237 e. The van der Waals surface area contributed by atoms with Crippen LogP contribution in [0.5, 0.6) is 0 Å². The standard InChI is InChI=1S/C14H27N3O2/c1-2-12(18)10-16-14(19)13-4-3-9-17(13)11-5-7-15-8-6-11/h11-13,15,18H,2-10H2,1H3,(H,16,19). The summed E-state index contributed by atoms with van der Waals surface area (Å²) in [5.74, 6) is 0.100. The molecule has 0 saturated carbocycles. The van der Waals surface area contributed by atoms with E-state index < -0.39 is 6.10 Å². The molecule has 0 aromatic carbocycles. The molecule has 2 heterocycles. The lowest BCUT2D eigenvalue weighted by Gasteiger charge is -2.35. The van der Waals surface area contributed by atoms with Crippen LogP contribution >= 0.6 is 0 Å². The number of carbonyl (C=O) groups excluding carboxylic acids is 1. The molecule has 19 heavy (non-hydrogen) atoms. The van der Waals surface area contributed by atoms with Crippen molar-refractivity contribution in [3.63, 3.8) is 0 Å². The molecule has 0 aliphatic carbocycles. The van der Waals surface area contributed by atoms with Crippen LogP contribution < -0.4 is 10.6 Å². The molecule has 2 saturated heterocycles. The number of carbonyl (C=O) groups is 1. The molecule has 0 spiro atoms. The predicted molar refractivity (Wildman–Crippen MR) is 74.9 cm³/mol. The van der Waals surface area contributed by atoms with Gasteiger partial charge in [0.25, 0.3) is 0 Å². The lowest BCUT2D eigenvalue weighted by molar-refractivity contribution is -0.126. The number of aliphatic hydroxyl groups is 1. The largest absolute Gasteiger partial charge is 0.391 e. The predicted octanol–water partition coefficient (Wildman–Crippen LogP) is 0.0899. The van der Waals surface area contributed by atoms with E-state index in [1.54, 1.807) is 0 Å². The number of amides is 1. The SMILES string of the molecule is CCC(O)CNC(=O)C1CCCN1C1CCNCC1. The Morgan fingerprint density at radius 3 is 2.84 bits per heavy atom. The van der Waals surface area contributed by atoms with Gasteiger partial charge in [0.15, 0.2) is 0 Å². The summed E-state index contributed by atoms with van der Waals surface area (Å²) in [5.41, 5.74) is 0. The third kappa shape index (κ3) is 3.91. The van der Waals surface area contributed by atoms with Crippen LogP contribution in [0, 0.1) is 0 Å². The number of likely N-dealkylation sites (tertiary alicyclic amines) is 1. The van der Waals surface area contributed by atoms with E-state index in [0.717, 1.165) is 45.3 Å². The Kier molecular flexibility index (Phi) is 5.60. The van der Waals surface area contributed by atoms with E-state index in [9.17, 15) is 9.90 Å². The molecule has 1 amide bonds. The summed E-state index contributed by atoms with van der Waals surface area (Å²) in [4.78, 5) is 14.6. The Balaban J connectivity index is 1.85. The van der Waals surface area contributed by atoms with E-state index in [1.807, 2.05) is 6.92 Å². The van der Waals surface area contributed by atoms with Crippen LogP contribution in [0.25, 0.3) is 0 Å². The van der Waals surface area contributed by atoms with Gasteiger partial charge in [-0.05, 0) is 51.7 Å². The molecular weight excluding hydrogens is 242 g/mol. The normalized spacial score (nSPS) is 27.4. The van der Waals surface area contributed by atoms with Gasteiger partial charge < -0.3 is 15.7 Å². The van der Waals surface area contributed by atoms with Gasteiger partial charge >= 0.3 is 0 Å². The van der Waals surface area contributed by atoms with Crippen LogP contribution in [0.15, 0.2) is 0 Å². The van der Waals surface area contributed by atoms with E-state index in [0.29, 0.717) is 19.0 Å². The van der Waals surface area contributed by atoms with Crippen LogP contribution in [0.2, 0.25) is 0 Å². The molecule has 3 N–H and O–H groups in total. The quantitative estimate of drug-likeness (QED) is 0.662. The Bertz CT molecular complexity index is 292. The maximum absolute atomic E-state index is 12.2. The molecule has 0 aromatic heterocycles. The second-order valence-electron chi connectivity index (χ2n) is 5.68. The van der Waals surface area contributed by atoms with Crippen molar-refractivity contribution < 1.29 is 9.90 Å². The fourth-order valence-electron chi connectivity index (χ4n) is 3.13. The Labute approximate surface area is 115 Å². The van der Waals surface area contributed by atoms with Crippen molar-refractivity contribution in [1.82, 2.24) is 15.5 Å². The van der Waals surface area contributed by atoms with Crippen molar-refractivity contribution >= 4 is 5.91 Å². The van der Waals surface area contributed by atoms with Crippen LogP contribution in [-0.2, 0) is 4.79 Å². The summed E-state index contributed by atoms with van der Waals surface area (Å²) < 4.78 is 0. The van der Waals surface area contributed by atoms with Gasteiger partial charge in [-0.25, -0.2) is 0 Å². The van der Waals surface area contributed by atoms with Crippen molar-refractivity contribution in [3.05, 3.63) is 0 Å². The van der Waals surface area contributed by atoms with Gasteiger partial charge in [0.05, 0.1) is 12.1 Å². The third-order valence-corrected chi connectivity index (χ3v) is 4.36. The number of hydrogen-bond donors (Lipinski definition) is 3. The smallest absolute Gasteiger partial charge is 0.237 e. The molecule has 2 fully saturated rings. The number of aliphatic hydroxyl groups excluding tert-OH is 1. The zero-order chi connectivity index (χ0) is 13.7. The Hall–Kier alpha value is -0.650. The van der Waals surface area contributed by atoms with Crippen LogP contribution in [0.1, 0.15) is 39.0 Å². The molecule has 0 radical (unpaired) electrons. The van der Waals surface area contributed by atoms with E-state index >= 15 is 0 Å². The summed E-state index contributed by atoms with van der Waals surface area (Å²) in [7, 11) is 0. The van der Waals surface area contributed by atoms with E-state index in [-0.39, 0.29) is 11.9 Å². The lowest BCUT2D eigenvalue weighted by Crippen LogP contribution is -2.51. The summed E-state index contributed by atoms with van der Waals surface area (Å²) in [6.45, 7) is 5.47. The van der Waals surface area contributed by atoms with Gasteiger partial charge in [-0.15, -0.1) is 0 Å². The van der Waals surface area contributed by atoms with Crippen molar-refractivity contribution in [1.29, 1.82) is 0 Å². The van der Waals surface area contributed by atoms with E-state index in [2.05, 4.69) is 15.5 Å². The van der Waals surface area contributed by atoms with Gasteiger partial charge in [0.1, 0.15) is 0 Å². The number of hydrogen-bond acceptors (Lipinski definition) is 4. The van der Waals surface area contributed by atoms with Crippen molar-refractivity contribution in [3.8, 4) is 0 Å². The Morgan fingerprint density at radius 2 is 2.16 bits per heavy atom. The first-order valence-corrected chi connectivity index (χ1v) is 7.64. The van der Waals surface area contributed by atoms with Gasteiger partial charge in [0.2, 0.25) is 5.91 Å². The average Bonchev–Trinajstić information content (AvgIpc) is 2.94. The zero-order valence-corrected chi connectivity index (χ0v) is 11.9. The highest BCUT2D eigenvalue weighted by Crippen LogP contribution is 2.24. The number of nitrogens with one attached hydrogen (secondary N) is 2. The second-order valence-corrected chi connectivity index (χ2v) is 5.68. The summed E-state index contributed by atoms with van der Waals surface area (Å²) in [6, 6.07) is 0.572. The topological polar surface area (TPSA) is 64.6 Å². The highest BCUT2D eigenvalue weighted by Gasteiger charge is 2.35. The summed E-state index contributed by atoms with van der Waals surface area (Å²) >= 11 is 0. The van der Waals surface area contributed by atoms with Crippen LogP contribution in [0.3, 0.4) is 0 Å². The fourth-order valence-corrected chi connectivity index (χ4v) is 3.13. The first-order chi connectivity index (χ1) is 9.22. The third-order valence-electron chi connectivity index (χ3n) is 4.36. The monoisotopic (exact) mass is 269 g/mol. The van der Waals surface area contributed by atoms with E-state index in [1.165, 1.54) is 0 Å². The van der Waals surface area contributed by atoms with Crippen LogP contribution in [0.4, 0.5) is 0 Å². The van der Waals surface area contributed by atoms with Gasteiger partial charge in [0, 0.05) is 12.6 Å². The number of rotatable bonds is 5. The summed E-state index contributed by atoms with van der Waals surface area (Å²) in [6.07, 6.45) is 4.61. The van der Waals surface area contributed by atoms with Crippen LogP contribution in [-0.4, -0.2) is 60.3 Å². The first-order valence-electron chi connectivity index (χ1n) is 7.64. The molecule has 110 valence electrons. The molecule has 2 atom stereocenters. The van der Waals surface area contributed by atoms with Gasteiger partial charge in [-0.3, -0.25) is 9.69 Å². The molecular formula is C14H27N3O2. The minimum absolute atomic E-state index is 0.0205. The summed E-state index contributed by atoms with van der Waals surface area (Å²) in [5, 5.41) is 15.8. The number of nitrogens with zero attached hydrogens (tertiary/aromatic N) is 1. The Morgan fingerprint density at radius 1 is 1.42 bits per heavy atom. The second kappa shape index (κ2) is 7.22. The van der Waals surface area contributed by atoms with Crippen molar-refractivity contribution in [2.75, 3.05) is 26.2 Å². The maximum atomic E-state index is 12.2. The lowest BCUT2D eigenvalue weighted by atomic mass is 10.0. The molecule has 2 aliphatic rings. The molecule has 0 aromatic rings. The molecule has 2 rings (SSSR count). The van der Waals surface area contributed by atoms with E-state index in [4.69, 9.17) is 0 Å². The average molecular weight is 269 g/mol. The molecule has 2 unspecified atom stereocenters. The van der Waals surface area contributed by atoms with Gasteiger partial charge in [-0.1, -0.05) is 6.92 Å². The molecule has 2 aliphatic heterocycles. The minimum Gasteiger partial charge on any atom is -0.391 e. The molecule has 0 bridgehead atoms. The fraction of sp³-hybridized carbons (Fsp3) is 0.929. The highest BCUT2D eigenvalue weighted by molar-refractivity contribution is 5.82. The van der Waals surface area contributed by atoms with Crippen molar-refractivity contribution in [2.24, 2.45) is 0 Å². The first kappa shape index (κ1) is 14.8. The minimum atomic E-state index is -0.419. The molecule has 5 nitrogen and oxygen atoms in total. The van der Waals surface area contributed by atoms with Gasteiger partial charge in [-0.2, -0.15) is 0 Å². The zero-order valence-electron chi connectivity index (χ0n) is 11.9. The molecule has 5 heteroatoms. The number of piperidine rings is 1.